The van der Waals surface area contributed by atoms with Gasteiger partial charge in [0, 0.05) is 23.2 Å². The van der Waals surface area contributed by atoms with Gasteiger partial charge >= 0.3 is 0 Å². The lowest BCUT2D eigenvalue weighted by Crippen LogP contribution is -1.76. The van der Waals surface area contributed by atoms with Crippen LogP contribution in [0.2, 0.25) is 0 Å². The molecule has 0 saturated heterocycles. The number of aromatic nitrogens is 2. The predicted octanol–water partition coefficient (Wildman–Crippen LogP) is 2.84. The van der Waals surface area contributed by atoms with E-state index in [0.717, 1.165) is 10.9 Å². The SMILES string of the molecule is c1cc2c(ccc3scnc32)cn1. The molecule has 62 valence electrons. The molecule has 0 aliphatic rings. The van der Waals surface area contributed by atoms with E-state index in [2.05, 4.69) is 22.1 Å². The van der Waals surface area contributed by atoms with E-state index >= 15 is 0 Å². The van der Waals surface area contributed by atoms with Crippen molar-refractivity contribution in [3.05, 3.63) is 36.1 Å². The Morgan fingerprint density at radius 1 is 1.15 bits per heavy atom. The Bertz CT molecular complexity index is 571. The average Bonchev–Trinajstić information content (AvgIpc) is 2.65. The molecule has 3 rings (SSSR count). The summed E-state index contributed by atoms with van der Waals surface area (Å²) in [6, 6.07) is 6.19. The molecule has 3 aromatic rings. The van der Waals surface area contributed by atoms with Crippen LogP contribution in [0.1, 0.15) is 0 Å². The quantitative estimate of drug-likeness (QED) is 0.539. The zero-order valence-corrected chi connectivity index (χ0v) is 7.58. The fraction of sp³-hybridized carbons (Fsp3) is 0. The normalized spacial score (nSPS) is 11.1. The van der Waals surface area contributed by atoms with E-state index in [1.165, 1.54) is 10.1 Å². The predicted molar refractivity (Wildman–Crippen MR) is 54.9 cm³/mol. The highest BCUT2D eigenvalue weighted by Gasteiger charge is 2.01. The molecule has 0 N–H and O–H groups in total. The number of hydrogen-bond donors (Lipinski definition) is 0. The number of rotatable bonds is 0. The Morgan fingerprint density at radius 2 is 2.15 bits per heavy atom. The minimum absolute atomic E-state index is 1.09. The van der Waals surface area contributed by atoms with Gasteiger partial charge in [0.1, 0.15) is 0 Å². The summed E-state index contributed by atoms with van der Waals surface area (Å²) < 4.78 is 1.23. The monoisotopic (exact) mass is 186 g/mol. The molecule has 3 heteroatoms. The van der Waals surface area contributed by atoms with Crippen LogP contribution in [0, 0.1) is 0 Å². The summed E-state index contributed by atoms with van der Waals surface area (Å²) >= 11 is 1.67. The van der Waals surface area contributed by atoms with Crippen molar-refractivity contribution in [3.8, 4) is 0 Å². The summed E-state index contributed by atoms with van der Waals surface area (Å²) in [5.74, 6) is 0. The van der Waals surface area contributed by atoms with Crippen LogP contribution in [0.4, 0.5) is 0 Å². The molecule has 2 aromatic heterocycles. The number of thiazole rings is 1. The summed E-state index contributed by atoms with van der Waals surface area (Å²) in [6.07, 6.45) is 3.68. The van der Waals surface area contributed by atoms with Crippen LogP contribution in [-0.2, 0) is 0 Å². The fourth-order valence-corrected chi connectivity index (χ4v) is 2.19. The minimum atomic E-state index is 1.09. The van der Waals surface area contributed by atoms with Gasteiger partial charge in [-0.25, -0.2) is 4.98 Å². The van der Waals surface area contributed by atoms with Crippen LogP contribution in [0.5, 0.6) is 0 Å². The Labute approximate surface area is 78.9 Å². The van der Waals surface area contributed by atoms with E-state index < -0.39 is 0 Å². The second-order valence-corrected chi connectivity index (χ2v) is 3.75. The Morgan fingerprint density at radius 3 is 3.15 bits per heavy atom. The van der Waals surface area contributed by atoms with Gasteiger partial charge in [-0.15, -0.1) is 11.3 Å². The Kier molecular flexibility index (Phi) is 1.34. The summed E-state index contributed by atoms with van der Waals surface area (Å²) in [6.45, 7) is 0. The number of pyridine rings is 1. The number of hydrogen-bond acceptors (Lipinski definition) is 3. The van der Waals surface area contributed by atoms with Crippen molar-refractivity contribution in [2.45, 2.75) is 0 Å². The smallest absolute Gasteiger partial charge is 0.0891 e. The van der Waals surface area contributed by atoms with E-state index in [9.17, 15) is 0 Å². The van der Waals surface area contributed by atoms with Crippen molar-refractivity contribution < 1.29 is 0 Å². The van der Waals surface area contributed by atoms with Crippen LogP contribution in [0.25, 0.3) is 21.0 Å². The van der Waals surface area contributed by atoms with Gasteiger partial charge in [0.05, 0.1) is 15.7 Å². The Hall–Kier alpha value is -1.48. The van der Waals surface area contributed by atoms with Crippen LogP contribution in [0.15, 0.2) is 36.1 Å². The Balaban J connectivity index is 2.65. The minimum Gasteiger partial charge on any atom is -0.264 e. The van der Waals surface area contributed by atoms with E-state index in [1.807, 2.05) is 17.8 Å². The third-order valence-electron chi connectivity index (χ3n) is 2.12. The molecule has 1 aromatic carbocycles. The van der Waals surface area contributed by atoms with E-state index in [0.29, 0.717) is 0 Å². The molecule has 0 bridgehead atoms. The molecule has 2 nitrogen and oxygen atoms in total. The summed E-state index contributed by atoms with van der Waals surface area (Å²) in [4.78, 5) is 8.42. The topological polar surface area (TPSA) is 25.8 Å². The molecule has 0 aliphatic heterocycles. The second kappa shape index (κ2) is 2.50. The van der Waals surface area contributed by atoms with Crippen LogP contribution < -0.4 is 0 Å². The van der Waals surface area contributed by atoms with Crippen molar-refractivity contribution >= 4 is 32.3 Å². The van der Waals surface area contributed by atoms with E-state index in [4.69, 9.17) is 0 Å². The lowest BCUT2D eigenvalue weighted by atomic mass is 10.1. The first-order chi connectivity index (χ1) is 6.45. The maximum Gasteiger partial charge on any atom is 0.0891 e. The van der Waals surface area contributed by atoms with E-state index in [-0.39, 0.29) is 0 Å². The molecule has 0 unspecified atom stereocenters. The molecule has 0 radical (unpaired) electrons. The lowest BCUT2D eigenvalue weighted by molar-refractivity contribution is 1.36. The lowest BCUT2D eigenvalue weighted by Gasteiger charge is -1.95. The molecular formula is C10H6N2S. The molecule has 0 atom stereocenters. The van der Waals surface area contributed by atoms with Crippen molar-refractivity contribution in [2.24, 2.45) is 0 Å². The molecule has 2 heterocycles. The van der Waals surface area contributed by atoms with Gasteiger partial charge in [0.15, 0.2) is 0 Å². The van der Waals surface area contributed by atoms with Gasteiger partial charge in [-0.2, -0.15) is 0 Å². The first-order valence-electron chi connectivity index (χ1n) is 4.01. The summed E-state index contributed by atoms with van der Waals surface area (Å²) in [7, 11) is 0. The third kappa shape index (κ3) is 0.939. The molecule has 13 heavy (non-hydrogen) atoms. The first-order valence-corrected chi connectivity index (χ1v) is 4.89. The van der Waals surface area contributed by atoms with Gasteiger partial charge in [-0.05, 0) is 12.1 Å². The average molecular weight is 186 g/mol. The van der Waals surface area contributed by atoms with Crippen LogP contribution in [0.3, 0.4) is 0 Å². The summed E-state index contributed by atoms with van der Waals surface area (Å²) in [5.41, 5.74) is 2.97. The number of benzene rings is 1. The molecular weight excluding hydrogens is 180 g/mol. The molecule has 0 fully saturated rings. The van der Waals surface area contributed by atoms with Gasteiger partial charge in [-0.1, -0.05) is 6.07 Å². The largest absolute Gasteiger partial charge is 0.264 e. The molecule has 0 spiro atoms. The second-order valence-electron chi connectivity index (χ2n) is 2.86. The van der Waals surface area contributed by atoms with Gasteiger partial charge < -0.3 is 0 Å². The zero-order valence-electron chi connectivity index (χ0n) is 6.77. The highest BCUT2D eigenvalue weighted by atomic mass is 32.1. The molecule has 0 amide bonds. The zero-order chi connectivity index (χ0) is 8.67. The number of nitrogens with zero attached hydrogens (tertiary/aromatic N) is 2. The van der Waals surface area contributed by atoms with Gasteiger partial charge in [0.25, 0.3) is 0 Å². The standard InChI is InChI=1S/C10H6N2S/c1-2-9-10(12-6-13-9)8-3-4-11-5-7(1)8/h1-6H. The van der Waals surface area contributed by atoms with Crippen LogP contribution >= 0.6 is 11.3 Å². The van der Waals surface area contributed by atoms with E-state index in [1.54, 1.807) is 17.5 Å². The third-order valence-corrected chi connectivity index (χ3v) is 2.91. The highest BCUT2D eigenvalue weighted by Crippen LogP contribution is 2.25. The first kappa shape index (κ1) is 6.97. The van der Waals surface area contributed by atoms with Crippen molar-refractivity contribution in [1.82, 2.24) is 9.97 Å². The molecule has 0 saturated carbocycles. The maximum absolute atomic E-state index is 4.34. The van der Waals surface area contributed by atoms with Crippen molar-refractivity contribution in [2.75, 3.05) is 0 Å². The van der Waals surface area contributed by atoms with Crippen molar-refractivity contribution in [3.63, 3.8) is 0 Å². The van der Waals surface area contributed by atoms with Gasteiger partial charge in [-0.3, -0.25) is 4.98 Å². The number of fused-ring (bicyclic) bond motifs is 3. The van der Waals surface area contributed by atoms with Crippen molar-refractivity contribution in [1.29, 1.82) is 0 Å². The molecule has 0 aliphatic carbocycles. The van der Waals surface area contributed by atoms with Gasteiger partial charge in [0.2, 0.25) is 0 Å². The highest BCUT2D eigenvalue weighted by molar-refractivity contribution is 7.16. The fourth-order valence-electron chi connectivity index (χ4n) is 1.50. The maximum atomic E-state index is 4.34. The van der Waals surface area contributed by atoms with Crippen LogP contribution in [-0.4, -0.2) is 9.97 Å². The summed E-state index contributed by atoms with van der Waals surface area (Å²) in [5, 5.41) is 2.34.